The molecule has 104 valence electrons. The molecular formula is C13H21F3N2. The number of halogens is 3. The number of nitrogens with zero attached hydrogens (tertiary/aromatic N) is 1. The predicted octanol–water partition coefficient (Wildman–Crippen LogP) is 3.89. The van der Waals surface area contributed by atoms with E-state index in [4.69, 9.17) is 0 Å². The quantitative estimate of drug-likeness (QED) is 0.788. The Balaban J connectivity index is 2.60. The molecule has 1 atom stereocenters. The van der Waals surface area contributed by atoms with Crippen LogP contribution in [-0.4, -0.2) is 17.3 Å². The second-order valence-corrected chi connectivity index (χ2v) is 4.45. The van der Waals surface area contributed by atoms with Crippen molar-refractivity contribution >= 4 is 0 Å². The van der Waals surface area contributed by atoms with Gasteiger partial charge in [0.25, 0.3) is 0 Å². The lowest BCUT2D eigenvalue weighted by molar-refractivity contribution is -0.136. The van der Waals surface area contributed by atoms with Crippen molar-refractivity contribution in [3.63, 3.8) is 0 Å². The first-order chi connectivity index (χ1) is 8.46. The van der Waals surface area contributed by atoms with Crippen LogP contribution in [0, 0.1) is 0 Å². The minimum Gasteiger partial charge on any atom is -0.354 e. The molecule has 0 aliphatic carbocycles. The number of hydrogen-bond donors (Lipinski definition) is 1. The lowest BCUT2D eigenvalue weighted by atomic mass is 10.1. The van der Waals surface area contributed by atoms with Crippen molar-refractivity contribution in [2.45, 2.75) is 51.9 Å². The molecule has 2 nitrogen and oxygen atoms in total. The Labute approximate surface area is 106 Å². The summed E-state index contributed by atoms with van der Waals surface area (Å²) < 4.78 is 38.0. The SMILES string of the molecule is CCCC(NCC)c1ccn(CCC(F)(F)F)c1. The molecule has 5 heteroatoms. The Morgan fingerprint density at radius 3 is 2.61 bits per heavy atom. The molecule has 0 radical (unpaired) electrons. The summed E-state index contributed by atoms with van der Waals surface area (Å²) in [4.78, 5) is 0. The number of hydrogen-bond acceptors (Lipinski definition) is 1. The van der Waals surface area contributed by atoms with E-state index in [0.717, 1.165) is 24.9 Å². The largest absolute Gasteiger partial charge is 0.390 e. The van der Waals surface area contributed by atoms with Gasteiger partial charge in [0.05, 0.1) is 6.42 Å². The molecule has 1 rings (SSSR count). The summed E-state index contributed by atoms with van der Waals surface area (Å²) in [5, 5.41) is 3.35. The molecule has 0 bridgehead atoms. The summed E-state index contributed by atoms with van der Waals surface area (Å²) in [6.07, 6.45) is 0.716. The Morgan fingerprint density at radius 1 is 1.33 bits per heavy atom. The highest BCUT2D eigenvalue weighted by Crippen LogP contribution is 2.22. The Bertz CT molecular complexity index is 338. The fourth-order valence-electron chi connectivity index (χ4n) is 1.98. The average molecular weight is 262 g/mol. The monoisotopic (exact) mass is 262 g/mol. The van der Waals surface area contributed by atoms with Crippen LogP contribution in [0.4, 0.5) is 13.2 Å². The Morgan fingerprint density at radius 2 is 2.06 bits per heavy atom. The molecule has 18 heavy (non-hydrogen) atoms. The fraction of sp³-hybridized carbons (Fsp3) is 0.692. The smallest absolute Gasteiger partial charge is 0.354 e. The normalized spacial score (nSPS) is 13.8. The van der Waals surface area contributed by atoms with E-state index in [2.05, 4.69) is 12.2 Å². The average Bonchev–Trinajstić information content (AvgIpc) is 2.74. The van der Waals surface area contributed by atoms with Crippen LogP contribution in [0.15, 0.2) is 18.5 Å². The second-order valence-electron chi connectivity index (χ2n) is 4.45. The van der Waals surface area contributed by atoms with Crippen LogP contribution in [0.25, 0.3) is 0 Å². The van der Waals surface area contributed by atoms with Crippen LogP contribution in [0.1, 0.15) is 44.7 Å². The van der Waals surface area contributed by atoms with E-state index in [9.17, 15) is 13.2 Å². The second kappa shape index (κ2) is 6.83. The molecule has 1 unspecified atom stereocenters. The van der Waals surface area contributed by atoms with Crippen LogP contribution in [-0.2, 0) is 6.54 Å². The standard InChI is InChI=1S/C13H21F3N2/c1-3-5-12(17-4-2)11-6-8-18(10-11)9-7-13(14,15)16/h6,8,10,12,17H,3-5,7,9H2,1-2H3. The van der Waals surface area contributed by atoms with Crippen molar-refractivity contribution in [1.29, 1.82) is 0 Å². The molecule has 0 saturated carbocycles. The molecule has 0 aromatic carbocycles. The molecule has 0 aliphatic heterocycles. The molecule has 0 amide bonds. The number of alkyl halides is 3. The predicted molar refractivity (Wildman–Crippen MR) is 66.4 cm³/mol. The molecule has 1 aromatic heterocycles. The number of aryl methyl sites for hydroxylation is 1. The zero-order valence-corrected chi connectivity index (χ0v) is 10.9. The maximum atomic E-state index is 12.1. The van der Waals surface area contributed by atoms with E-state index < -0.39 is 12.6 Å². The van der Waals surface area contributed by atoms with Crippen LogP contribution >= 0.6 is 0 Å². The molecule has 0 fully saturated rings. The van der Waals surface area contributed by atoms with Gasteiger partial charge in [-0.25, -0.2) is 0 Å². The zero-order chi connectivity index (χ0) is 13.6. The highest BCUT2D eigenvalue weighted by atomic mass is 19.4. The van der Waals surface area contributed by atoms with Gasteiger partial charge in [-0.1, -0.05) is 20.3 Å². The summed E-state index contributed by atoms with van der Waals surface area (Å²) in [5.41, 5.74) is 1.07. The summed E-state index contributed by atoms with van der Waals surface area (Å²) in [7, 11) is 0. The topological polar surface area (TPSA) is 17.0 Å². The summed E-state index contributed by atoms with van der Waals surface area (Å²) >= 11 is 0. The summed E-state index contributed by atoms with van der Waals surface area (Å²) in [5.74, 6) is 0. The first-order valence-electron chi connectivity index (χ1n) is 6.42. The van der Waals surface area contributed by atoms with Crippen molar-refractivity contribution in [3.05, 3.63) is 24.0 Å². The minimum atomic E-state index is -4.09. The fourth-order valence-corrected chi connectivity index (χ4v) is 1.98. The highest BCUT2D eigenvalue weighted by Gasteiger charge is 2.26. The summed E-state index contributed by atoms with van der Waals surface area (Å²) in [6.45, 7) is 4.99. The van der Waals surface area contributed by atoms with Gasteiger partial charge in [0, 0.05) is 25.0 Å². The third-order valence-electron chi connectivity index (χ3n) is 2.86. The Kier molecular flexibility index (Phi) is 5.72. The lowest BCUT2D eigenvalue weighted by Gasteiger charge is -2.15. The maximum absolute atomic E-state index is 12.1. The van der Waals surface area contributed by atoms with Gasteiger partial charge in [-0.05, 0) is 24.6 Å². The van der Waals surface area contributed by atoms with Crippen LogP contribution < -0.4 is 5.32 Å². The van der Waals surface area contributed by atoms with E-state index in [1.165, 1.54) is 0 Å². The van der Waals surface area contributed by atoms with E-state index in [1.54, 1.807) is 10.8 Å². The number of nitrogens with one attached hydrogen (secondary N) is 1. The first-order valence-corrected chi connectivity index (χ1v) is 6.42. The molecule has 1 heterocycles. The van der Waals surface area contributed by atoms with Crippen molar-refractivity contribution < 1.29 is 13.2 Å². The molecule has 0 aliphatic rings. The van der Waals surface area contributed by atoms with Crippen molar-refractivity contribution in [3.8, 4) is 0 Å². The van der Waals surface area contributed by atoms with Gasteiger partial charge in [-0.3, -0.25) is 0 Å². The van der Waals surface area contributed by atoms with Crippen molar-refractivity contribution in [1.82, 2.24) is 9.88 Å². The van der Waals surface area contributed by atoms with Crippen LogP contribution in [0.3, 0.4) is 0 Å². The molecule has 0 spiro atoms. The maximum Gasteiger partial charge on any atom is 0.390 e. The third-order valence-corrected chi connectivity index (χ3v) is 2.86. The van der Waals surface area contributed by atoms with Gasteiger partial charge in [-0.15, -0.1) is 0 Å². The van der Waals surface area contributed by atoms with Gasteiger partial charge < -0.3 is 9.88 Å². The van der Waals surface area contributed by atoms with Crippen LogP contribution in [0.2, 0.25) is 0 Å². The Hall–Kier alpha value is -0.970. The summed E-state index contributed by atoms with van der Waals surface area (Å²) in [6, 6.07) is 2.14. The van der Waals surface area contributed by atoms with E-state index in [-0.39, 0.29) is 12.6 Å². The molecule has 1 aromatic rings. The molecule has 0 saturated heterocycles. The minimum absolute atomic E-state index is 0.00549. The van der Waals surface area contributed by atoms with Gasteiger partial charge >= 0.3 is 6.18 Å². The van der Waals surface area contributed by atoms with Crippen LogP contribution in [0.5, 0.6) is 0 Å². The number of aromatic nitrogens is 1. The van der Waals surface area contributed by atoms with E-state index in [1.807, 2.05) is 19.2 Å². The molecule has 1 N–H and O–H groups in total. The van der Waals surface area contributed by atoms with Gasteiger partial charge in [0.2, 0.25) is 0 Å². The van der Waals surface area contributed by atoms with Crippen molar-refractivity contribution in [2.24, 2.45) is 0 Å². The van der Waals surface area contributed by atoms with E-state index >= 15 is 0 Å². The van der Waals surface area contributed by atoms with E-state index in [0.29, 0.717) is 0 Å². The van der Waals surface area contributed by atoms with Gasteiger partial charge in [-0.2, -0.15) is 13.2 Å². The van der Waals surface area contributed by atoms with Crippen molar-refractivity contribution in [2.75, 3.05) is 6.54 Å². The molecular weight excluding hydrogens is 241 g/mol. The third kappa shape index (κ3) is 5.12. The first kappa shape index (κ1) is 15.1. The van der Waals surface area contributed by atoms with Gasteiger partial charge in [0.15, 0.2) is 0 Å². The number of rotatable bonds is 7. The lowest BCUT2D eigenvalue weighted by Crippen LogP contribution is -2.20. The highest BCUT2D eigenvalue weighted by molar-refractivity contribution is 5.15. The zero-order valence-electron chi connectivity index (χ0n) is 10.9. The van der Waals surface area contributed by atoms with Gasteiger partial charge in [0.1, 0.15) is 0 Å².